The summed E-state index contributed by atoms with van der Waals surface area (Å²) >= 11 is 0. The van der Waals surface area contributed by atoms with E-state index in [0.717, 1.165) is 12.8 Å². The van der Waals surface area contributed by atoms with Gasteiger partial charge in [-0.05, 0) is 12.8 Å². The predicted octanol–water partition coefficient (Wildman–Crippen LogP) is 1.95. The van der Waals surface area contributed by atoms with Crippen LogP contribution in [0.1, 0.15) is 26.7 Å². The molecule has 0 aromatic carbocycles. The molecule has 0 aliphatic carbocycles. The van der Waals surface area contributed by atoms with Crippen molar-refractivity contribution in [2.75, 3.05) is 13.2 Å². The third kappa shape index (κ3) is 16.5. The van der Waals surface area contributed by atoms with Crippen LogP contribution in [0.25, 0.3) is 0 Å². The molecule has 6 heteroatoms. The Hall–Kier alpha value is -0.0600. The second-order valence-corrected chi connectivity index (χ2v) is 2.73. The van der Waals surface area contributed by atoms with Gasteiger partial charge in [-0.15, -0.1) is 4.52 Å². The van der Waals surface area contributed by atoms with Crippen LogP contribution in [0, 0.1) is 0 Å². The lowest BCUT2D eigenvalue weighted by atomic mass is 10.5. The van der Waals surface area contributed by atoms with Crippen molar-refractivity contribution in [3.63, 3.8) is 0 Å². The Labute approximate surface area is 73.2 Å². The summed E-state index contributed by atoms with van der Waals surface area (Å²) in [4.78, 5) is 0. The van der Waals surface area contributed by atoms with Crippen LogP contribution >= 0.6 is 8.25 Å². The molecule has 0 fully saturated rings. The molecule has 0 aliphatic heterocycles. The number of aliphatic hydroxyl groups is 1. The van der Waals surface area contributed by atoms with Gasteiger partial charge in [-0.2, -0.15) is 0 Å². The van der Waals surface area contributed by atoms with E-state index >= 15 is 0 Å². The van der Waals surface area contributed by atoms with E-state index in [1.54, 1.807) is 0 Å². The first-order chi connectivity index (χ1) is 5.72. The van der Waals surface area contributed by atoms with Crippen LogP contribution in [-0.4, -0.2) is 23.6 Å². The quantitative estimate of drug-likeness (QED) is 0.402. The highest BCUT2D eigenvalue weighted by Gasteiger charge is 2.17. The number of rotatable bonds is 5. The highest BCUT2D eigenvalue weighted by atomic mass is 31.1. The molecular weight excluding hydrogens is 183 g/mol. The van der Waals surface area contributed by atoms with Gasteiger partial charge in [0, 0.05) is 11.2 Å². The molecular formula is C6H16O5P+. The number of aliphatic hydroxyl groups excluding tert-OH is 1. The Morgan fingerprint density at radius 3 is 2.08 bits per heavy atom. The van der Waals surface area contributed by atoms with Gasteiger partial charge in [-0.1, -0.05) is 13.8 Å². The van der Waals surface area contributed by atoms with Gasteiger partial charge in [0.05, 0.1) is 4.67 Å². The molecule has 0 amide bonds. The summed E-state index contributed by atoms with van der Waals surface area (Å²) in [6.07, 6.45) is 1.63. The van der Waals surface area contributed by atoms with Gasteiger partial charge in [-0.3, -0.25) is 0 Å². The number of hydrogen-bond donors (Lipinski definition) is 2. The zero-order valence-corrected chi connectivity index (χ0v) is 8.29. The van der Waals surface area contributed by atoms with Crippen molar-refractivity contribution >= 4 is 8.25 Å². The minimum atomic E-state index is -2.28. The van der Waals surface area contributed by atoms with Crippen molar-refractivity contribution in [1.82, 2.24) is 0 Å². The van der Waals surface area contributed by atoms with Gasteiger partial charge < -0.3 is 5.11 Å². The highest BCUT2D eigenvalue weighted by Crippen LogP contribution is 2.20. The van der Waals surface area contributed by atoms with Crippen LogP contribution in [0.4, 0.5) is 0 Å². The first-order valence-corrected chi connectivity index (χ1v) is 4.84. The van der Waals surface area contributed by atoms with E-state index in [-0.39, 0.29) is 0 Å². The maximum absolute atomic E-state index is 10.0. The molecule has 0 radical (unpaired) electrons. The fraction of sp³-hybridized carbons (Fsp3) is 1.00. The molecule has 74 valence electrons. The second-order valence-electron chi connectivity index (χ2n) is 1.86. The largest absolute Gasteiger partial charge is 0.728 e. The Morgan fingerprint density at radius 1 is 1.33 bits per heavy atom. The lowest BCUT2D eigenvalue weighted by Crippen LogP contribution is -1.82. The third-order valence-electron chi connectivity index (χ3n) is 0.691. The molecule has 0 rings (SSSR count). The van der Waals surface area contributed by atoms with Gasteiger partial charge >= 0.3 is 8.25 Å². The van der Waals surface area contributed by atoms with E-state index in [4.69, 9.17) is 10.4 Å². The Balaban J connectivity index is 0. The summed E-state index contributed by atoms with van der Waals surface area (Å²) in [5, 5.41) is 15.5. The maximum atomic E-state index is 10.0. The van der Waals surface area contributed by atoms with Crippen molar-refractivity contribution in [2.45, 2.75) is 26.7 Å². The summed E-state index contributed by atoms with van der Waals surface area (Å²) in [6.45, 7) is 4.45. The molecule has 0 saturated carbocycles. The maximum Gasteiger partial charge on any atom is 0.728 e. The zero-order chi connectivity index (χ0) is 9.82. The summed E-state index contributed by atoms with van der Waals surface area (Å²) < 4.78 is 17.7. The van der Waals surface area contributed by atoms with Crippen molar-refractivity contribution in [1.29, 1.82) is 0 Å². The number of hydrogen-bond acceptors (Lipinski definition) is 5. The van der Waals surface area contributed by atoms with Crippen LogP contribution in [0.15, 0.2) is 0 Å². The first-order valence-electron chi connectivity index (χ1n) is 3.75. The molecule has 1 atom stereocenters. The summed E-state index contributed by atoms with van der Waals surface area (Å²) in [7, 11) is -2.28. The first kappa shape index (κ1) is 14.5. The van der Waals surface area contributed by atoms with E-state index in [9.17, 15) is 4.57 Å². The average molecular weight is 199 g/mol. The van der Waals surface area contributed by atoms with Crippen LogP contribution in [0.3, 0.4) is 0 Å². The summed E-state index contributed by atoms with van der Waals surface area (Å²) in [6, 6.07) is 0. The molecule has 0 bridgehead atoms. The molecule has 2 N–H and O–H groups in total. The van der Waals surface area contributed by atoms with Crippen LogP contribution in [0.2, 0.25) is 0 Å². The van der Waals surface area contributed by atoms with E-state index < -0.39 is 8.25 Å². The minimum Gasteiger partial charge on any atom is -0.396 e. The monoisotopic (exact) mass is 199 g/mol. The predicted molar refractivity (Wildman–Crippen MR) is 44.9 cm³/mol. The molecule has 0 saturated heterocycles. The Morgan fingerprint density at radius 2 is 1.83 bits per heavy atom. The topological polar surface area (TPSA) is 76.0 Å². The van der Waals surface area contributed by atoms with E-state index in [1.165, 1.54) is 0 Å². The second kappa shape index (κ2) is 13.5. The molecule has 0 aromatic rings. The third-order valence-corrected chi connectivity index (χ3v) is 1.22. The van der Waals surface area contributed by atoms with Crippen LogP contribution < -0.4 is 0 Å². The standard InChI is InChI=1S/C3H7O4P.C3H8O/c1-2-3-6-8(5)7-4;1-2-3-4/h2-3H2,1H3;4H,2-3H2,1H3/p+1. The van der Waals surface area contributed by atoms with Crippen molar-refractivity contribution in [3.05, 3.63) is 0 Å². The van der Waals surface area contributed by atoms with Gasteiger partial charge in [0.15, 0.2) is 0 Å². The van der Waals surface area contributed by atoms with Crippen LogP contribution in [-0.2, 0) is 13.8 Å². The lowest BCUT2D eigenvalue weighted by Gasteiger charge is -1.79. The summed E-state index contributed by atoms with van der Waals surface area (Å²) in [5.74, 6) is 0. The highest BCUT2D eigenvalue weighted by molar-refractivity contribution is 7.33. The molecule has 5 nitrogen and oxygen atoms in total. The zero-order valence-electron chi connectivity index (χ0n) is 7.39. The lowest BCUT2D eigenvalue weighted by molar-refractivity contribution is -0.141. The van der Waals surface area contributed by atoms with Crippen molar-refractivity contribution in [3.8, 4) is 0 Å². The smallest absolute Gasteiger partial charge is 0.396 e. The fourth-order valence-corrected chi connectivity index (χ4v) is 0.568. The minimum absolute atomic E-state index is 0.319. The molecule has 12 heavy (non-hydrogen) atoms. The summed E-state index contributed by atoms with van der Waals surface area (Å²) in [5.41, 5.74) is 0. The molecule has 1 unspecified atom stereocenters. The molecule has 0 aliphatic rings. The van der Waals surface area contributed by atoms with Gasteiger partial charge in [0.25, 0.3) is 0 Å². The van der Waals surface area contributed by atoms with Crippen molar-refractivity contribution in [2.24, 2.45) is 0 Å². The molecule has 0 aromatic heterocycles. The van der Waals surface area contributed by atoms with Crippen LogP contribution in [0.5, 0.6) is 0 Å². The normalized spacial score (nSPS) is 10.2. The van der Waals surface area contributed by atoms with E-state index in [2.05, 4.69) is 9.20 Å². The molecule has 0 heterocycles. The Bertz CT molecular complexity index is 95.9. The Kier molecular flexibility index (Phi) is 16.3. The van der Waals surface area contributed by atoms with Gasteiger partial charge in [0.1, 0.15) is 6.61 Å². The fourth-order valence-electron chi connectivity index (χ4n) is 0.189. The van der Waals surface area contributed by atoms with Crippen molar-refractivity contribution < 1.29 is 24.1 Å². The SMILES string of the molecule is CCCO.CCCO[P+](=O)OO. The molecule has 0 spiro atoms. The average Bonchev–Trinajstić information content (AvgIpc) is 2.14. The van der Waals surface area contributed by atoms with Gasteiger partial charge in [0.2, 0.25) is 0 Å². The van der Waals surface area contributed by atoms with E-state index in [0.29, 0.717) is 13.2 Å². The van der Waals surface area contributed by atoms with Gasteiger partial charge in [-0.25, -0.2) is 5.26 Å². The van der Waals surface area contributed by atoms with E-state index in [1.807, 2.05) is 13.8 Å².